The molecule has 0 radical (unpaired) electrons. The van der Waals surface area contributed by atoms with Crippen LogP contribution in [0.1, 0.15) is 83.5 Å². The zero-order valence-corrected chi connectivity index (χ0v) is 88.1. The van der Waals surface area contributed by atoms with Crippen LogP contribution in [0.5, 0.6) is 51.7 Å². The fourth-order valence-corrected chi connectivity index (χ4v) is 14.9. The van der Waals surface area contributed by atoms with Gasteiger partial charge in [-0.2, -0.15) is 10.5 Å². The van der Waals surface area contributed by atoms with E-state index in [1.165, 1.54) is 0 Å². The molecule has 0 aromatic heterocycles. The Bertz CT molecular complexity index is 4230. The van der Waals surface area contributed by atoms with Gasteiger partial charge in [-0.1, -0.05) is 54.6 Å². The fraction of sp³-hybridized carbons (Fsp3) is 0.558. The molecule has 0 N–H and O–H groups in total. The van der Waals surface area contributed by atoms with Gasteiger partial charge in [0.15, 0.2) is 0 Å². The normalized spacial score (nSPS) is 11.3. The molecule has 0 aliphatic rings. The molecule has 8 aromatic carbocycles. The predicted molar refractivity (Wildman–Crippen MR) is 554 cm³/mol. The van der Waals surface area contributed by atoms with Crippen LogP contribution in [0, 0.1) is 22.7 Å². The van der Waals surface area contributed by atoms with Gasteiger partial charge in [0.25, 0.3) is 0 Å². The number of ether oxygens (including phenoxy) is 33. The molecule has 8 aromatic rings. The van der Waals surface area contributed by atoms with E-state index in [0.29, 0.717) is 355 Å². The lowest BCUT2D eigenvalue weighted by atomic mass is 9.91. The van der Waals surface area contributed by atoms with Gasteiger partial charge in [0, 0.05) is 81.1 Å². The lowest BCUT2D eigenvalue weighted by Gasteiger charge is -2.17. The van der Waals surface area contributed by atoms with Crippen LogP contribution in [-0.2, 0) is 159 Å². The molecule has 0 aliphatic heterocycles. The van der Waals surface area contributed by atoms with Gasteiger partial charge in [0.05, 0.1) is 275 Å². The molecule has 0 saturated carbocycles. The summed E-state index contributed by atoms with van der Waals surface area (Å²) in [6, 6.07) is 53.2. The van der Waals surface area contributed by atoms with E-state index >= 15 is 0 Å². The van der Waals surface area contributed by atoms with Crippen molar-refractivity contribution in [3.8, 4) is 63.9 Å². The molecule has 0 amide bonds. The van der Waals surface area contributed by atoms with Crippen LogP contribution >= 0.6 is 0 Å². The average molecular weight is 2070 g/mol. The summed E-state index contributed by atoms with van der Waals surface area (Å²) in [6.45, 7) is 18.8. The molecule has 35 nitrogen and oxygen atoms in total. The molecule has 0 heterocycles. The number of nitrogens with zero attached hydrogens (tertiary/aromatic N) is 2. The van der Waals surface area contributed by atoms with Gasteiger partial charge in [0.1, 0.15) is 123 Å². The van der Waals surface area contributed by atoms with Crippen molar-refractivity contribution in [2.24, 2.45) is 0 Å². The number of methoxy groups -OCH3 is 8. The zero-order chi connectivity index (χ0) is 104. The Morgan fingerprint density at radius 1 is 0.142 bits per heavy atom. The van der Waals surface area contributed by atoms with E-state index in [0.717, 1.165) is 72.3 Å². The Balaban J connectivity index is 1.24. The van der Waals surface area contributed by atoms with E-state index in [1.54, 1.807) is 75.1 Å². The summed E-state index contributed by atoms with van der Waals surface area (Å²) in [5, 5.41) is 20.3. The minimum Gasteiger partial charge on any atom is -0.491 e. The lowest BCUT2D eigenvalue weighted by Crippen LogP contribution is -2.13. The molecule has 0 bridgehead atoms. The molecule has 0 spiro atoms. The van der Waals surface area contributed by atoms with Gasteiger partial charge in [-0.25, -0.2) is 0 Å². The van der Waals surface area contributed by atoms with Crippen molar-refractivity contribution in [1.29, 1.82) is 10.5 Å². The van der Waals surface area contributed by atoms with E-state index in [1.807, 2.05) is 72.8 Å². The molecule has 35 heteroatoms. The second kappa shape index (κ2) is 81.8. The molecule has 8 rings (SSSR count). The van der Waals surface area contributed by atoms with Gasteiger partial charge < -0.3 is 156 Å². The molecule has 0 atom stereocenters. The Labute approximate surface area is 874 Å². The fourth-order valence-electron chi connectivity index (χ4n) is 14.9. The minimum absolute atomic E-state index is 0.108. The smallest absolute Gasteiger partial charge is 0.123 e. The van der Waals surface area contributed by atoms with Crippen LogP contribution in [0.15, 0.2) is 146 Å². The topological polar surface area (TPSA) is 352 Å². The third-order valence-electron chi connectivity index (χ3n) is 21.6. The SMILES string of the molecule is COCCOCCOCCOc1cc(Cc2cc(Cc3cc(COc4ccc(C#N)c(C#N)c4)cc(Cc4cc(Cc5cc(OCCOCCOCCOC)cc(OCCOCCOCCOC)c5)cc(Cc5cc(OCCOCCOCCOC)cc(OCCOCCOCCOC)c5)c4)c3)cc(Cc3cc(OCCOCCOCCOC)cc(OCCOCCOCCOC)c3)c2)cc(OCCOCCOCCOC)c1. The number of rotatable bonds is 95. The first-order valence-electron chi connectivity index (χ1n) is 50.7. The van der Waals surface area contributed by atoms with Crippen LogP contribution in [0.2, 0.25) is 0 Å². The minimum atomic E-state index is 0.108. The summed E-state index contributed by atoms with van der Waals surface area (Å²) < 4.78 is 193. The lowest BCUT2D eigenvalue weighted by molar-refractivity contribution is 0.0174. The van der Waals surface area contributed by atoms with Crippen molar-refractivity contribution < 1.29 is 156 Å². The highest BCUT2D eigenvalue weighted by Crippen LogP contribution is 2.34. The summed E-state index contributed by atoms with van der Waals surface area (Å²) in [5.74, 6) is 5.21. The van der Waals surface area contributed by atoms with Crippen LogP contribution in [0.4, 0.5) is 0 Å². The van der Waals surface area contributed by atoms with E-state index < -0.39 is 0 Å². The van der Waals surface area contributed by atoms with Gasteiger partial charge in [0.2, 0.25) is 0 Å². The maximum Gasteiger partial charge on any atom is 0.123 e. The summed E-state index contributed by atoms with van der Waals surface area (Å²) in [4.78, 5) is 0. The highest BCUT2D eigenvalue weighted by molar-refractivity contribution is 5.51. The Hall–Kier alpha value is -10.0. The van der Waals surface area contributed by atoms with Crippen molar-refractivity contribution in [2.45, 2.75) is 45.1 Å². The Kier molecular flexibility index (Phi) is 68.1. The summed E-state index contributed by atoms with van der Waals surface area (Å²) in [7, 11) is 13.1. The average Bonchev–Trinajstić information content (AvgIpc) is 0.804. The van der Waals surface area contributed by atoms with Gasteiger partial charge in [-0.3, -0.25) is 0 Å². The molecule has 0 aliphatic carbocycles. The van der Waals surface area contributed by atoms with E-state index in [-0.39, 0.29) is 70.6 Å². The summed E-state index contributed by atoms with van der Waals surface area (Å²) >= 11 is 0. The van der Waals surface area contributed by atoms with Crippen LogP contribution < -0.4 is 42.6 Å². The Morgan fingerprint density at radius 3 is 0.453 bits per heavy atom. The predicted octanol–water partition coefficient (Wildman–Crippen LogP) is 13.0. The third-order valence-corrected chi connectivity index (χ3v) is 21.6. The van der Waals surface area contributed by atoms with E-state index in [2.05, 4.69) is 66.7 Å². The first kappa shape index (κ1) is 123. The highest BCUT2D eigenvalue weighted by atomic mass is 16.6. The zero-order valence-electron chi connectivity index (χ0n) is 88.1. The molecule has 148 heavy (non-hydrogen) atoms. The summed E-state index contributed by atoms with van der Waals surface area (Å²) in [5.41, 5.74) is 13.0. The molecular weight excluding hydrogens is 1910 g/mol. The number of hydrogen-bond acceptors (Lipinski definition) is 35. The maximum atomic E-state index is 10.3. The first-order chi connectivity index (χ1) is 73.0. The van der Waals surface area contributed by atoms with E-state index in [9.17, 15) is 10.5 Å². The first-order valence-corrected chi connectivity index (χ1v) is 50.7. The quantitative estimate of drug-likeness (QED) is 0.0320. The van der Waals surface area contributed by atoms with Crippen molar-refractivity contribution in [3.05, 3.63) is 229 Å². The van der Waals surface area contributed by atoms with Crippen LogP contribution in [0.25, 0.3) is 0 Å². The number of hydrogen-bond donors (Lipinski definition) is 0. The molecule has 0 saturated heterocycles. The second-order valence-corrected chi connectivity index (χ2v) is 33.5. The Morgan fingerprint density at radius 2 is 0.291 bits per heavy atom. The largest absolute Gasteiger partial charge is 0.491 e. The van der Waals surface area contributed by atoms with Crippen molar-refractivity contribution in [2.75, 3.05) is 374 Å². The monoisotopic (exact) mass is 2070 g/mol. The van der Waals surface area contributed by atoms with Crippen molar-refractivity contribution >= 4 is 0 Å². The van der Waals surface area contributed by atoms with Gasteiger partial charge >= 0.3 is 0 Å². The highest BCUT2D eigenvalue weighted by Gasteiger charge is 2.19. The molecular formula is C113H158N2O33. The molecule has 818 valence electrons. The molecule has 0 unspecified atom stereocenters. The number of nitriles is 2. The van der Waals surface area contributed by atoms with Crippen molar-refractivity contribution in [3.63, 3.8) is 0 Å². The summed E-state index contributed by atoms with van der Waals surface area (Å²) in [6.07, 6.45) is 2.76. The van der Waals surface area contributed by atoms with Crippen molar-refractivity contribution in [1.82, 2.24) is 0 Å². The van der Waals surface area contributed by atoms with E-state index in [4.69, 9.17) is 156 Å². The number of benzene rings is 8. The molecule has 0 fully saturated rings. The standard InChI is InChI=1S/C113H158N2O33/c1-116-11-19-124-27-35-132-43-51-140-106-74-98(75-107(83-106)141-52-44-133-36-28-125-20-12-117-2)68-92-59-90(60-93(63-92)69-99-76-108(142-53-45-134-37-29-126-21-13-118-3)84-109(77-99)143-54-46-135-38-30-127-22-14-119-4)65-96-67-97(73-102(72-96)89-148-105-10-9-103(87-114)104(82-105)88-115)66-91-61-94(70-100-78-110(144-55-47-136-39-31-128-23-15-120-5)85-111(79-100)145-56-48-137-40-32-129-24-16-121-6)64-95(62-91)71-101-80-112(146-57-49-138-41-33-130-25-17-122-7)86-113(81-101)147-58-50-139-42-34-131-26-18-123-8/h9-10,59-64,67,72-86H,11-58,65-66,68-71,89H2,1-8H3. The van der Waals surface area contributed by atoms with Gasteiger partial charge in [-0.15, -0.1) is 0 Å². The van der Waals surface area contributed by atoms with Crippen LogP contribution in [-0.4, -0.2) is 374 Å². The maximum absolute atomic E-state index is 10.3. The van der Waals surface area contributed by atoms with Crippen LogP contribution in [0.3, 0.4) is 0 Å². The third kappa shape index (κ3) is 57.3. The van der Waals surface area contributed by atoms with Gasteiger partial charge in [-0.05, 0) is 178 Å². The second-order valence-electron chi connectivity index (χ2n) is 33.5.